The number of amides is 1. The fraction of sp³-hybridized carbons (Fsp3) is 0.591. The molecular formula is C22H30N4O2S. The van der Waals surface area contributed by atoms with Crippen LogP contribution >= 0.6 is 11.3 Å². The molecule has 2 aromatic heterocycles. The Morgan fingerprint density at radius 2 is 2.03 bits per heavy atom. The predicted octanol–water partition coefficient (Wildman–Crippen LogP) is 3.70. The largest absolute Gasteiger partial charge is 0.474 e. The molecule has 1 saturated carbocycles. The molecule has 0 aromatic carbocycles. The number of thiazole rings is 1. The van der Waals surface area contributed by atoms with Crippen LogP contribution in [0.25, 0.3) is 0 Å². The molecule has 0 spiro atoms. The van der Waals surface area contributed by atoms with Gasteiger partial charge in [-0.25, -0.2) is 9.97 Å². The Kier molecular flexibility index (Phi) is 6.77. The molecule has 7 heteroatoms. The number of piperidine rings is 1. The van der Waals surface area contributed by atoms with E-state index in [1.165, 1.54) is 12.8 Å². The van der Waals surface area contributed by atoms with Gasteiger partial charge in [-0.15, -0.1) is 11.3 Å². The summed E-state index contributed by atoms with van der Waals surface area (Å²) in [6.45, 7) is 5.34. The number of nitrogens with one attached hydrogen (secondary N) is 1. The second-order valence-corrected chi connectivity index (χ2v) is 9.22. The van der Waals surface area contributed by atoms with Crippen LogP contribution in [-0.2, 0) is 17.9 Å². The number of likely N-dealkylation sites (tertiary alicyclic amines) is 1. The molecule has 2 aliphatic rings. The highest BCUT2D eigenvalue weighted by Gasteiger charge is 2.25. The summed E-state index contributed by atoms with van der Waals surface area (Å²) in [5.41, 5.74) is 2.15. The van der Waals surface area contributed by atoms with Gasteiger partial charge in [0.15, 0.2) is 0 Å². The van der Waals surface area contributed by atoms with Crippen molar-refractivity contribution in [2.45, 2.75) is 64.6 Å². The Balaban J connectivity index is 1.18. The molecule has 156 valence electrons. The van der Waals surface area contributed by atoms with Crippen molar-refractivity contribution in [1.29, 1.82) is 0 Å². The number of hydrogen-bond donors (Lipinski definition) is 1. The monoisotopic (exact) mass is 414 g/mol. The number of rotatable bonds is 7. The molecule has 2 aromatic rings. The van der Waals surface area contributed by atoms with Crippen LogP contribution in [0.3, 0.4) is 0 Å². The molecule has 0 bridgehead atoms. The Morgan fingerprint density at radius 3 is 2.69 bits per heavy atom. The maximum atomic E-state index is 12.6. The van der Waals surface area contributed by atoms with Gasteiger partial charge in [-0.3, -0.25) is 9.69 Å². The fourth-order valence-corrected chi connectivity index (χ4v) is 4.76. The van der Waals surface area contributed by atoms with Crippen molar-refractivity contribution in [2.75, 3.05) is 13.1 Å². The first-order valence-electron chi connectivity index (χ1n) is 10.7. The number of carbonyl (C=O) groups is 1. The van der Waals surface area contributed by atoms with E-state index in [1.54, 1.807) is 11.3 Å². The van der Waals surface area contributed by atoms with Crippen molar-refractivity contribution in [3.05, 3.63) is 40.0 Å². The highest BCUT2D eigenvalue weighted by molar-refractivity contribution is 7.09. The lowest BCUT2D eigenvalue weighted by Gasteiger charge is -2.30. The van der Waals surface area contributed by atoms with Crippen molar-refractivity contribution in [3.63, 3.8) is 0 Å². The summed E-state index contributed by atoms with van der Waals surface area (Å²) in [6, 6.07) is 3.91. The molecule has 0 unspecified atom stereocenters. The number of pyridine rings is 1. The minimum atomic E-state index is 0.0985. The first kappa shape index (κ1) is 20.3. The van der Waals surface area contributed by atoms with E-state index in [9.17, 15) is 4.79 Å². The van der Waals surface area contributed by atoms with Crippen LogP contribution in [0, 0.1) is 12.8 Å². The normalized spacial score (nSPS) is 18.8. The smallest absolute Gasteiger partial charge is 0.223 e. The third kappa shape index (κ3) is 5.76. The van der Waals surface area contributed by atoms with Crippen LogP contribution in [0.15, 0.2) is 23.7 Å². The van der Waals surface area contributed by atoms with Crippen LogP contribution < -0.4 is 10.1 Å². The zero-order chi connectivity index (χ0) is 20.1. The van der Waals surface area contributed by atoms with Gasteiger partial charge in [0.1, 0.15) is 6.10 Å². The molecule has 1 amide bonds. The van der Waals surface area contributed by atoms with Gasteiger partial charge >= 0.3 is 0 Å². The Bertz CT molecular complexity index is 793. The molecule has 2 fully saturated rings. The molecule has 6 nitrogen and oxygen atoms in total. The maximum absolute atomic E-state index is 12.6. The summed E-state index contributed by atoms with van der Waals surface area (Å²) in [5.74, 6) is 0.941. The Hall–Kier alpha value is -1.99. The van der Waals surface area contributed by atoms with Crippen LogP contribution in [0.4, 0.5) is 0 Å². The molecule has 3 heterocycles. The Labute approximate surface area is 176 Å². The fourth-order valence-electron chi connectivity index (χ4n) is 4.16. The van der Waals surface area contributed by atoms with E-state index in [4.69, 9.17) is 4.74 Å². The summed E-state index contributed by atoms with van der Waals surface area (Å²) in [4.78, 5) is 23.9. The second kappa shape index (κ2) is 9.67. The van der Waals surface area contributed by atoms with Gasteiger partial charge in [0.2, 0.25) is 11.8 Å². The van der Waals surface area contributed by atoms with Gasteiger partial charge in [-0.1, -0.05) is 6.07 Å². The van der Waals surface area contributed by atoms with E-state index >= 15 is 0 Å². The maximum Gasteiger partial charge on any atom is 0.223 e. The first-order valence-corrected chi connectivity index (χ1v) is 11.6. The summed E-state index contributed by atoms with van der Waals surface area (Å²) >= 11 is 1.70. The second-order valence-electron chi connectivity index (χ2n) is 8.16. The van der Waals surface area contributed by atoms with Crippen LogP contribution in [0.2, 0.25) is 0 Å². The lowest BCUT2D eigenvalue weighted by atomic mass is 9.95. The molecule has 0 atom stereocenters. The molecule has 4 rings (SSSR count). The van der Waals surface area contributed by atoms with Crippen molar-refractivity contribution in [3.8, 4) is 5.88 Å². The number of nitrogens with zero attached hydrogens (tertiary/aromatic N) is 3. The SMILES string of the molecule is Cc1nc(CN2CCC(C(=O)NCc3ccc(OC4CCCC4)nc3)CC2)cs1. The van der Waals surface area contributed by atoms with E-state index in [0.717, 1.165) is 61.6 Å². The number of aryl methyl sites for hydroxylation is 1. The number of carbonyl (C=O) groups excluding carboxylic acids is 1. The molecule has 0 radical (unpaired) electrons. The highest BCUT2D eigenvalue weighted by Crippen LogP contribution is 2.23. The minimum absolute atomic E-state index is 0.0985. The van der Waals surface area contributed by atoms with Crippen molar-refractivity contribution in [1.82, 2.24) is 20.2 Å². The average Bonchev–Trinajstić information content (AvgIpc) is 3.39. The summed E-state index contributed by atoms with van der Waals surface area (Å²) in [6.07, 6.45) is 8.68. The third-order valence-corrected chi connectivity index (χ3v) is 6.69. The molecule has 1 aliphatic carbocycles. The van der Waals surface area contributed by atoms with Crippen LogP contribution in [0.1, 0.15) is 54.8 Å². The van der Waals surface area contributed by atoms with E-state index in [-0.39, 0.29) is 11.8 Å². The van der Waals surface area contributed by atoms with E-state index in [2.05, 4.69) is 25.6 Å². The molecule has 29 heavy (non-hydrogen) atoms. The van der Waals surface area contributed by atoms with Crippen LogP contribution in [-0.4, -0.2) is 40.0 Å². The zero-order valence-electron chi connectivity index (χ0n) is 17.1. The summed E-state index contributed by atoms with van der Waals surface area (Å²) in [7, 11) is 0. The third-order valence-electron chi connectivity index (χ3n) is 5.86. The summed E-state index contributed by atoms with van der Waals surface area (Å²) in [5, 5.41) is 6.32. The summed E-state index contributed by atoms with van der Waals surface area (Å²) < 4.78 is 5.90. The Morgan fingerprint density at radius 1 is 1.24 bits per heavy atom. The van der Waals surface area contributed by atoms with E-state index < -0.39 is 0 Å². The van der Waals surface area contributed by atoms with Gasteiger partial charge in [0.05, 0.1) is 10.7 Å². The van der Waals surface area contributed by atoms with Gasteiger partial charge in [0.25, 0.3) is 0 Å². The highest BCUT2D eigenvalue weighted by atomic mass is 32.1. The number of hydrogen-bond acceptors (Lipinski definition) is 6. The van der Waals surface area contributed by atoms with E-state index in [0.29, 0.717) is 18.5 Å². The molecule has 1 saturated heterocycles. The van der Waals surface area contributed by atoms with Crippen LogP contribution in [0.5, 0.6) is 5.88 Å². The van der Waals surface area contributed by atoms with Crippen molar-refractivity contribution >= 4 is 17.2 Å². The lowest BCUT2D eigenvalue weighted by molar-refractivity contribution is -0.126. The topological polar surface area (TPSA) is 67.4 Å². The molecule has 1 aliphatic heterocycles. The minimum Gasteiger partial charge on any atom is -0.474 e. The molecule has 1 N–H and O–H groups in total. The molecular weight excluding hydrogens is 384 g/mol. The van der Waals surface area contributed by atoms with Crippen molar-refractivity contribution < 1.29 is 9.53 Å². The van der Waals surface area contributed by atoms with Crippen molar-refractivity contribution in [2.24, 2.45) is 5.92 Å². The predicted molar refractivity (Wildman–Crippen MR) is 114 cm³/mol. The van der Waals surface area contributed by atoms with Gasteiger partial charge in [-0.2, -0.15) is 0 Å². The first-order chi connectivity index (χ1) is 14.2. The number of ether oxygens (including phenoxy) is 1. The zero-order valence-corrected chi connectivity index (χ0v) is 17.9. The number of aromatic nitrogens is 2. The average molecular weight is 415 g/mol. The standard InChI is InChI=1S/C22H30N4O2S/c1-16-25-19(15-29-16)14-26-10-8-18(9-11-26)22(27)24-13-17-6-7-21(23-12-17)28-20-4-2-3-5-20/h6-7,12,15,18,20H,2-5,8-11,13-14H2,1H3,(H,24,27). The quantitative estimate of drug-likeness (QED) is 0.748. The van der Waals surface area contributed by atoms with Gasteiger partial charge < -0.3 is 10.1 Å². The van der Waals surface area contributed by atoms with Gasteiger partial charge in [-0.05, 0) is 64.1 Å². The lowest BCUT2D eigenvalue weighted by Crippen LogP contribution is -2.40. The van der Waals surface area contributed by atoms with E-state index in [1.807, 2.05) is 25.3 Å². The van der Waals surface area contributed by atoms with Gasteiger partial charge in [0, 0.05) is 36.7 Å².